The fraction of sp³-hybridized carbons (Fsp3) is 0.0476. The van der Waals surface area contributed by atoms with Crippen molar-refractivity contribution in [1.82, 2.24) is 19.7 Å². The van der Waals surface area contributed by atoms with Crippen LogP contribution in [0.1, 0.15) is 16.2 Å². The Labute approximate surface area is 172 Å². The van der Waals surface area contributed by atoms with E-state index in [0.717, 1.165) is 5.69 Å². The van der Waals surface area contributed by atoms with E-state index in [1.54, 1.807) is 47.3 Å². The summed E-state index contributed by atoms with van der Waals surface area (Å²) >= 11 is 6.07. The first kappa shape index (κ1) is 18.6. The Hall–Kier alpha value is -3.71. The van der Waals surface area contributed by atoms with Gasteiger partial charge in [-0.2, -0.15) is 5.10 Å². The second kappa shape index (κ2) is 8.12. The first-order valence-corrected chi connectivity index (χ1v) is 9.25. The van der Waals surface area contributed by atoms with E-state index in [1.807, 2.05) is 37.4 Å². The minimum absolute atomic E-state index is 0.258. The summed E-state index contributed by atoms with van der Waals surface area (Å²) in [6.07, 6.45) is 3.52. The summed E-state index contributed by atoms with van der Waals surface area (Å²) in [5.41, 5.74) is 1.92. The molecule has 0 bridgehead atoms. The minimum Gasteiger partial charge on any atom is -0.340 e. The van der Waals surface area contributed by atoms with Gasteiger partial charge in [-0.15, -0.1) is 0 Å². The number of rotatable bonds is 5. The predicted molar refractivity (Wildman–Crippen MR) is 113 cm³/mol. The number of benzene rings is 2. The lowest BCUT2D eigenvalue weighted by atomic mass is 10.2. The summed E-state index contributed by atoms with van der Waals surface area (Å²) in [6, 6.07) is 17.9. The highest BCUT2D eigenvalue weighted by molar-refractivity contribution is 6.34. The Balaban J connectivity index is 1.48. The van der Waals surface area contributed by atoms with Crippen molar-refractivity contribution in [2.45, 2.75) is 6.92 Å². The molecule has 144 valence electrons. The number of aryl methyl sites for hydroxylation is 1. The van der Waals surface area contributed by atoms with Crippen LogP contribution in [-0.2, 0) is 0 Å². The third-order valence-electron chi connectivity index (χ3n) is 4.10. The third kappa shape index (κ3) is 4.41. The SMILES string of the molecule is Cc1nc(Nc2ccc(NC(=O)c3ccccc3Cl)cc2)cc(-n2cccn2)n1. The van der Waals surface area contributed by atoms with Crippen molar-refractivity contribution in [2.75, 3.05) is 10.6 Å². The summed E-state index contributed by atoms with van der Waals surface area (Å²) in [7, 11) is 0. The Bertz CT molecular complexity index is 1140. The number of carbonyl (C=O) groups is 1. The summed E-state index contributed by atoms with van der Waals surface area (Å²) in [4.78, 5) is 21.2. The van der Waals surface area contributed by atoms with Gasteiger partial charge in [0, 0.05) is 29.8 Å². The predicted octanol–water partition coefficient (Wildman–Crippen LogP) is 4.62. The zero-order valence-corrected chi connectivity index (χ0v) is 16.3. The molecule has 29 heavy (non-hydrogen) atoms. The first-order chi connectivity index (χ1) is 14.1. The van der Waals surface area contributed by atoms with Crippen molar-refractivity contribution in [3.05, 3.63) is 89.5 Å². The van der Waals surface area contributed by atoms with E-state index in [4.69, 9.17) is 11.6 Å². The Morgan fingerprint density at radius 3 is 2.48 bits per heavy atom. The maximum atomic E-state index is 12.4. The zero-order valence-electron chi connectivity index (χ0n) is 15.5. The normalized spacial score (nSPS) is 10.6. The van der Waals surface area contributed by atoms with Gasteiger partial charge < -0.3 is 10.6 Å². The van der Waals surface area contributed by atoms with Crippen LogP contribution in [0.2, 0.25) is 5.02 Å². The van der Waals surface area contributed by atoms with Crippen LogP contribution in [0.15, 0.2) is 73.1 Å². The Morgan fingerprint density at radius 1 is 1.00 bits per heavy atom. The number of anilines is 3. The van der Waals surface area contributed by atoms with Gasteiger partial charge in [0.05, 0.1) is 10.6 Å². The molecule has 0 unspecified atom stereocenters. The molecule has 1 amide bonds. The molecule has 7 nitrogen and oxygen atoms in total. The number of carbonyl (C=O) groups excluding carboxylic acids is 1. The monoisotopic (exact) mass is 404 g/mol. The fourth-order valence-corrected chi connectivity index (χ4v) is 2.99. The van der Waals surface area contributed by atoms with Crippen LogP contribution >= 0.6 is 11.6 Å². The van der Waals surface area contributed by atoms with E-state index in [9.17, 15) is 4.79 Å². The van der Waals surface area contributed by atoms with E-state index in [1.165, 1.54) is 0 Å². The standard InChI is InChI=1S/C21H17ClN6O/c1-14-24-19(13-20(25-14)28-12-4-11-23-28)26-15-7-9-16(10-8-15)27-21(29)17-5-2-3-6-18(17)22/h2-13H,1H3,(H,27,29)(H,24,25,26). The van der Waals surface area contributed by atoms with Crippen LogP contribution < -0.4 is 10.6 Å². The van der Waals surface area contributed by atoms with Gasteiger partial charge in [-0.25, -0.2) is 14.6 Å². The lowest BCUT2D eigenvalue weighted by Gasteiger charge is -2.10. The highest BCUT2D eigenvalue weighted by atomic mass is 35.5. The number of nitrogens with one attached hydrogen (secondary N) is 2. The summed E-state index contributed by atoms with van der Waals surface area (Å²) in [6.45, 7) is 1.82. The smallest absolute Gasteiger partial charge is 0.257 e. The number of amides is 1. The molecule has 0 radical (unpaired) electrons. The second-order valence-electron chi connectivity index (χ2n) is 6.25. The fourth-order valence-electron chi connectivity index (χ4n) is 2.77. The van der Waals surface area contributed by atoms with Gasteiger partial charge in [-0.3, -0.25) is 4.79 Å². The van der Waals surface area contributed by atoms with Crippen molar-refractivity contribution in [2.24, 2.45) is 0 Å². The molecule has 0 atom stereocenters. The van der Waals surface area contributed by atoms with Crippen LogP contribution in [0, 0.1) is 6.92 Å². The minimum atomic E-state index is -0.258. The topological polar surface area (TPSA) is 84.7 Å². The van der Waals surface area contributed by atoms with E-state index >= 15 is 0 Å². The third-order valence-corrected chi connectivity index (χ3v) is 4.43. The van der Waals surface area contributed by atoms with Gasteiger partial charge >= 0.3 is 0 Å². The summed E-state index contributed by atoms with van der Waals surface area (Å²) < 4.78 is 1.67. The second-order valence-corrected chi connectivity index (χ2v) is 6.65. The molecule has 2 heterocycles. The number of hydrogen-bond donors (Lipinski definition) is 2. The van der Waals surface area contributed by atoms with Gasteiger partial charge in [-0.1, -0.05) is 23.7 Å². The van der Waals surface area contributed by atoms with Crippen LogP contribution in [0.5, 0.6) is 0 Å². The number of nitrogens with zero attached hydrogens (tertiary/aromatic N) is 4. The van der Waals surface area contributed by atoms with Crippen LogP contribution in [0.25, 0.3) is 5.82 Å². The Morgan fingerprint density at radius 2 is 1.76 bits per heavy atom. The summed E-state index contributed by atoms with van der Waals surface area (Å²) in [5, 5.41) is 10.7. The molecule has 4 aromatic rings. The van der Waals surface area contributed by atoms with E-state index in [0.29, 0.717) is 33.7 Å². The van der Waals surface area contributed by atoms with Crippen LogP contribution in [-0.4, -0.2) is 25.7 Å². The molecule has 2 aromatic heterocycles. The van der Waals surface area contributed by atoms with Crippen LogP contribution in [0.4, 0.5) is 17.2 Å². The molecule has 2 aromatic carbocycles. The van der Waals surface area contributed by atoms with Crippen molar-refractivity contribution in [3.63, 3.8) is 0 Å². The maximum Gasteiger partial charge on any atom is 0.257 e. The van der Waals surface area contributed by atoms with Gasteiger partial charge in [0.2, 0.25) is 0 Å². The van der Waals surface area contributed by atoms with Gasteiger partial charge in [-0.05, 0) is 49.4 Å². The molecule has 0 saturated carbocycles. The van der Waals surface area contributed by atoms with Crippen molar-refractivity contribution in [1.29, 1.82) is 0 Å². The lowest BCUT2D eigenvalue weighted by Crippen LogP contribution is -2.12. The first-order valence-electron chi connectivity index (χ1n) is 8.87. The van der Waals surface area contributed by atoms with Crippen LogP contribution in [0.3, 0.4) is 0 Å². The molecule has 0 spiro atoms. The Kier molecular flexibility index (Phi) is 5.22. The quantitative estimate of drug-likeness (QED) is 0.507. The largest absolute Gasteiger partial charge is 0.340 e. The average Bonchev–Trinajstić information content (AvgIpc) is 3.24. The number of hydrogen-bond acceptors (Lipinski definition) is 5. The molecule has 0 aliphatic rings. The summed E-state index contributed by atoms with van der Waals surface area (Å²) in [5.74, 6) is 1.69. The van der Waals surface area contributed by atoms with Crippen molar-refractivity contribution >= 4 is 34.7 Å². The van der Waals surface area contributed by atoms with E-state index < -0.39 is 0 Å². The molecule has 0 aliphatic heterocycles. The lowest BCUT2D eigenvalue weighted by molar-refractivity contribution is 0.102. The maximum absolute atomic E-state index is 12.4. The molecule has 0 fully saturated rings. The molecular formula is C21H17ClN6O. The van der Waals surface area contributed by atoms with Crippen molar-refractivity contribution in [3.8, 4) is 5.82 Å². The molecule has 0 saturated heterocycles. The van der Waals surface area contributed by atoms with Gasteiger partial charge in [0.25, 0.3) is 5.91 Å². The molecule has 4 rings (SSSR count). The van der Waals surface area contributed by atoms with Gasteiger partial charge in [0.1, 0.15) is 11.6 Å². The molecule has 2 N–H and O–H groups in total. The average molecular weight is 405 g/mol. The number of aromatic nitrogens is 4. The molecular weight excluding hydrogens is 388 g/mol. The zero-order chi connectivity index (χ0) is 20.2. The van der Waals surface area contributed by atoms with E-state index in [2.05, 4.69) is 25.7 Å². The number of halogens is 1. The highest BCUT2D eigenvalue weighted by Crippen LogP contribution is 2.21. The molecule has 8 heteroatoms. The van der Waals surface area contributed by atoms with E-state index in [-0.39, 0.29) is 5.91 Å². The van der Waals surface area contributed by atoms with Crippen molar-refractivity contribution < 1.29 is 4.79 Å². The highest BCUT2D eigenvalue weighted by Gasteiger charge is 2.10. The van der Waals surface area contributed by atoms with Gasteiger partial charge in [0.15, 0.2) is 5.82 Å². The molecule has 0 aliphatic carbocycles.